The number of hydrogen-bond acceptors (Lipinski definition) is 5. The minimum Gasteiger partial charge on any atom is -0.433 e. The van der Waals surface area contributed by atoms with Crippen LogP contribution in [0.2, 0.25) is 0 Å². The number of hydrazine groups is 1. The molecule has 21 heavy (non-hydrogen) atoms. The van der Waals surface area contributed by atoms with Gasteiger partial charge >= 0.3 is 12.6 Å². The van der Waals surface area contributed by atoms with Crippen LogP contribution in [-0.2, 0) is 10.0 Å². The standard InChI is InChI=1S/C11H11F2N3O4S/c12-10(13)20-8-4-1-2-5-9(8)21(18,19)15-11(17)16-7-3-6-14-16/h1-6,10,14H,7H2,(H,15,17). The van der Waals surface area contributed by atoms with Crippen molar-refractivity contribution < 1.29 is 26.7 Å². The Bertz CT molecular complexity index is 655. The Hall–Kier alpha value is -2.36. The monoisotopic (exact) mass is 319 g/mol. The molecule has 0 bridgehead atoms. The topological polar surface area (TPSA) is 87.7 Å². The molecule has 1 heterocycles. The van der Waals surface area contributed by atoms with Gasteiger partial charge in [-0.3, -0.25) is 0 Å². The SMILES string of the molecule is O=C(NS(=O)(=O)c1ccccc1OC(F)F)N1CC=CN1. The molecule has 0 aromatic heterocycles. The fourth-order valence-electron chi connectivity index (χ4n) is 1.59. The first-order chi connectivity index (χ1) is 9.90. The molecular formula is C11H11F2N3O4S. The van der Waals surface area contributed by atoms with E-state index in [1.54, 1.807) is 10.8 Å². The number of nitrogens with one attached hydrogen (secondary N) is 2. The van der Waals surface area contributed by atoms with Crippen LogP contribution in [0.4, 0.5) is 13.6 Å². The van der Waals surface area contributed by atoms with Crippen LogP contribution in [-0.4, -0.2) is 32.6 Å². The fourth-order valence-corrected chi connectivity index (χ4v) is 2.67. The van der Waals surface area contributed by atoms with Gasteiger partial charge in [-0.1, -0.05) is 12.1 Å². The quantitative estimate of drug-likeness (QED) is 0.865. The van der Waals surface area contributed by atoms with Gasteiger partial charge in [-0.05, 0) is 18.2 Å². The second-order valence-electron chi connectivity index (χ2n) is 3.88. The van der Waals surface area contributed by atoms with Gasteiger partial charge < -0.3 is 10.2 Å². The highest BCUT2D eigenvalue weighted by Crippen LogP contribution is 2.24. The third-order valence-electron chi connectivity index (χ3n) is 2.46. The Labute approximate surface area is 119 Å². The van der Waals surface area contributed by atoms with Gasteiger partial charge in [0.25, 0.3) is 10.0 Å². The maximum Gasteiger partial charge on any atom is 0.387 e. The molecule has 0 saturated heterocycles. The van der Waals surface area contributed by atoms with Crippen molar-refractivity contribution in [3.63, 3.8) is 0 Å². The average molecular weight is 319 g/mol. The van der Waals surface area contributed by atoms with E-state index < -0.39 is 33.3 Å². The lowest BCUT2D eigenvalue weighted by atomic mass is 10.3. The molecule has 0 spiro atoms. The molecule has 1 aromatic rings. The molecule has 114 valence electrons. The third kappa shape index (κ3) is 3.60. The van der Waals surface area contributed by atoms with Crippen LogP contribution < -0.4 is 14.9 Å². The van der Waals surface area contributed by atoms with Gasteiger partial charge in [0, 0.05) is 6.20 Å². The normalized spacial score (nSPS) is 14.1. The Morgan fingerprint density at radius 1 is 1.38 bits per heavy atom. The zero-order chi connectivity index (χ0) is 15.5. The van der Waals surface area contributed by atoms with Gasteiger partial charge in [-0.15, -0.1) is 0 Å². The second-order valence-corrected chi connectivity index (χ2v) is 5.53. The summed E-state index contributed by atoms with van der Waals surface area (Å²) in [4.78, 5) is 11.2. The molecule has 0 fully saturated rings. The van der Waals surface area contributed by atoms with Crippen molar-refractivity contribution in [2.45, 2.75) is 11.5 Å². The third-order valence-corrected chi connectivity index (χ3v) is 3.82. The average Bonchev–Trinajstić information content (AvgIpc) is 2.91. The van der Waals surface area contributed by atoms with E-state index in [4.69, 9.17) is 0 Å². The first-order valence-electron chi connectivity index (χ1n) is 5.69. The highest BCUT2D eigenvalue weighted by Gasteiger charge is 2.26. The van der Waals surface area contributed by atoms with Gasteiger partial charge in [0.15, 0.2) is 0 Å². The van der Waals surface area contributed by atoms with E-state index in [9.17, 15) is 22.0 Å². The largest absolute Gasteiger partial charge is 0.433 e. The van der Waals surface area contributed by atoms with Crippen LogP contribution in [0.25, 0.3) is 0 Å². The minimum atomic E-state index is -4.34. The Kier molecular flexibility index (Phi) is 4.26. The zero-order valence-electron chi connectivity index (χ0n) is 10.5. The molecule has 0 atom stereocenters. The number of benzene rings is 1. The number of urea groups is 1. The molecule has 10 heteroatoms. The lowest BCUT2D eigenvalue weighted by molar-refractivity contribution is -0.0517. The first kappa shape index (κ1) is 15.0. The van der Waals surface area contributed by atoms with Crippen molar-refractivity contribution in [2.24, 2.45) is 0 Å². The second kappa shape index (κ2) is 5.95. The molecule has 1 aromatic carbocycles. The minimum absolute atomic E-state index is 0.177. The number of hydrogen-bond donors (Lipinski definition) is 2. The van der Waals surface area contributed by atoms with E-state index in [2.05, 4.69) is 10.2 Å². The van der Waals surface area contributed by atoms with E-state index in [0.717, 1.165) is 17.1 Å². The summed E-state index contributed by atoms with van der Waals surface area (Å²) in [5.74, 6) is -0.541. The van der Waals surface area contributed by atoms with Crippen LogP contribution >= 0.6 is 0 Å². The number of halogens is 2. The number of rotatable bonds is 4. The van der Waals surface area contributed by atoms with Crippen LogP contribution in [0.5, 0.6) is 5.75 Å². The summed E-state index contributed by atoms with van der Waals surface area (Å²) in [6.45, 7) is -3.00. The predicted molar refractivity (Wildman–Crippen MR) is 67.8 cm³/mol. The van der Waals surface area contributed by atoms with Crippen LogP contribution in [0.3, 0.4) is 0 Å². The van der Waals surface area contributed by atoms with E-state index in [-0.39, 0.29) is 6.54 Å². The van der Waals surface area contributed by atoms with Gasteiger partial charge in [0.05, 0.1) is 6.54 Å². The summed E-state index contributed by atoms with van der Waals surface area (Å²) in [5, 5.41) is 0.994. The van der Waals surface area contributed by atoms with E-state index in [1.165, 1.54) is 18.3 Å². The Morgan fingerprint density at radius 2 is 2.10 bits per heavy atom. The number of amides is 2. The van der Waals surface area contributed by atoms with E-state index in [1.807, 2.05) is 0 Å². The molecule has 0 saturated carbocycles. The zero-order valence-corrected chi connectivity index (χ0v) is 11.3. The fraction of sp³-hybridized carbons (Fsp3) is 0.182. The Balaban J connectivity index is 2.21. The number of para-hydroxylation sites is 1. The number of carbonyl (C=O) groups excluding carboxylic acids is 1. The van der Waals surface area contributed by atoms with Crippen molar-refractivity contribution in [2.75, 3.05) is 6.54 Å². The Morgan fingerprint density at radius 3 is 2.71 bits per heavy atom. The van der Waals surface area contributed by atoms with Crippen molar-refractivity contribution in [3.05, 3.63) is 36.5 Å². The molecule has 7 nitrogen and oxygen atoms in total. The lowest BCUT2D eigenvalue weighted by Gasteiger charge is -2.17. The smallest absolute Gasteiger partial charge is 0.387 e. The number of sulfonamides is 1. The van der Waals surface area contributed by atoms with Gasteiger partial charge in [-0.25, -0.2) is 22.9 Å². The summed E-state index contributed by atoms with van der Waals surface area (Å²) in [6.07, 6.45) is 3.06. The van der Waals surface area contributed by atoms with Crippen molar-refractivity contribution >= 4 is 16.1 Å². The molecule has 1 aliphatic heterocycles. The summed E-state index contributed by atoms with van der Waals surface area (Å²) in [6, 6.07) is 3.85. The van der Waals surface area contributed by atoms with Gasteiger partial charge in [0.1, 0.15) is 10.6 Å². The summed E-state index contributed by atoms with van der Waals surface area (Å²) < 4.78 is 54.6. The van der Waals surface area contributed by atoms with Crippen LogP contribution in [0.1, 0.15) is 0 Å². The maximum atomic E-state index is 12.3. The van der Waals surface area contributed by atoms with E-state index >= 15 is 0 Å². The number of alkyl halides is 2. The summed E-state index contributed by atoms with van der Waals surface area (Å²) in [5.41, 5.74) is 2.50. The van der Waals surface area contributed by atoms with Gasteiger partial charge in [0.2, 0.25) is 0 Å². The molecule has 0 radical (unpaired) electrons. The van der Waals surface area contributed by atoms with Crippen LogP contribution in [0.15, 0.2) is 41.4 Å². The highest BCUT2D eigenvalue weighted by molar-refractivity contribution is 7.90. The predicted octanol–water partition coefficient (Wildman–Crippen LogP) is 1.02. The molecule has 2 N–H and O–H groups in total. The molecule has 2 amide bonds. The summed E-state index contributed by atoms with van der Waals surface area (Å²) in [7, 11) is -4.34. The van der Waals surface area contributed by atoms with Crippen molar-refractivity contribution in [1.29, 1.82) is 0 Å². The number of carbonyl (C=O) groups is 1. The molecule has 0 aliphatic carbocycles. The number of ether oxygens (including phenoxy) is 1. The first-order valence-corrected chi connectivity index (χ1v) is 7.18. The lowest BCUT2D eigenvalue weighted by Crippen LogP contribution is -2.45. The molecular weight excluding hydrogens is 308 g/mol. The maximum absolute atomic E-state index is 12.3. The molecule has 1 aliphatic rings. The molecule has 2 rings (SSSR count). The summed E-state index contributed by atoms with van der Waals surface area (Å²) >= 11 is 0. The highest BCUT2D eigenvalue weighted by atomic mass is 32.2. The van der Waals surface area contributed by atoms with Gasteiger partial charge in [-0.2, -0.15) is 8.78 Å². The van der Waals surface area contributed by atoms with Crippen molar-refractivity contribution in [3.8, 4) is 5.75 Å². The van der Waals surface area contributed by atoms with Crippen LogP contribution in [0, 0.1) is 0 Å². The van der Waals surface area contributed by atoms with E-state index in [0.29, 0.717) is 0 Å². The molecule has 0 unspecified atom stereocenters. The van der Waals surface area contributed by atoms with Crippen molar-refractivity contribution in [1.82, 2.24) is 15.2 Å². The number of nitrogens with zero attached hydrogens (tertiary/aromatic N) is 1.